The van der Waals surface area contributed by atoms with Gasteiger partial charge in [0.1, 0.15) is 11.5 Å². The van der Waals surface area contributed by atoms with Gasteiger partial charge < -0.3 is 14.4 Å². The van der Waals surface area contributed by atoms with Crippen molar-refractivity contribution in [2.75, 3.05) is 0 Å². The Hall–Kier alpha value is -3.72. The van der Waals surface area contributed by atoms with E-state index in [4.69, 9.17) is 4.42 Å². The summed E-state index contributed by atoms with van der Waals surface area (Å²) < 4.78 is 6.10. The predicted octanol–water partition coefficient (Wildman–Crippen LogP) is 4.57. The number of likely N-dealkylation sites (tertiary alicyclic amines) is 1. The maximum atomic E-state index is 12.9. The average Bonchev–Trinajstić information content (AvgIpc) is 3.36. The summed E-state index contributed by atoms with van der Waals surface area (Å²) in [5, 5.41) is 22.2. The van der Waals surface area contributed by atoms with Crippen molar-refractivity contribution in [1.82, 2.24) is 4.90 Å². The maximum Gasteiger partial charge on any atom is 0.296 e. The fourth-order valence-electron chi connectivity index (χ4n) is 3.53. The molecule has 2 aromatic carbocycles. The highest BCUT2D eigenvalue weighted by Crippen LogP contribution is 2.41. The molecule has 31 heavy (non-hydrogen) atoms. The van der Waals surface area contributed by atoms with Crippen molar-refractivity contribution in [2.24, 2.45) is 0 Å². The normalized spacial score (nSPS) is 17.8. The molecule has 8 nitrogen and oxygen atoms in total. The molecule has 3 aromatic rings. The summed E-state index contributed by atoms with van der Waals surface area (Å²) in [6.07, 6.45) is 1.44. The minimum Gasteiger partial charge on any atom is -0.507 e. The molecular weight excluding hydrogens is 468 g/mol. The summed E-state index contributed by atoms with van der Waals surface area (Å²) in [5.74, 6) is -1.62. The van der Waals surface area contributed by atoms with E-state index in [1.807, 2.05) is 0 Å². The Kier molecular flexibility index (Phi) is 5.43. The van der Waals surface area contributed by atoms with Gasteiger partial charge >= 0.3 is 0 Å². The van der Waals surface area contributed by atoms with Gasteiger partial charge in [0.2, 0.25) is 0 Å². The molecule has 1 aliphatic rings. The summed E-state index contributed by atoms with van der Waals surface area (Å²) in [6, 6.07) is 14.5. The molecule has 1 atom stereocenters. The van der Waals surface area contributed by atoms with Gasteiger partial charge in [-0.2, -0.15) is 0 Å². The summed E-state index contributed by atoms with van der Waals surface area (Å²) in [5.41, 5.74) is 0.345. The number of carbonyl (C=O) groups is 2. The first-order valence-electron chi connectivity index (χ1n) is 9.18. The predicted molar refractivity (Wildman–Crippen MR) is 114 cm³/mol. The van der Waals surface area contributed by atoms with Crippen molar-refractivity contribution in [3.8, 4) is 0 Å². The van der Waals surface area contributed by atoms with Gasteiger partial charge in [0.05, 0.1) is 29.3 Å². The van der Waals surface area contributed by atoms with Gasteiger partial charge in [-0.25, -0.2) is 0 Å². The van der Waals surface area contributed by atoms with Crippen molar-refractivity contribution < 1.29 is 24.0 Å². The smallest absolute Gasteiger partial charge is 0.296 e. The first-order valence-corrected chi connectivity index (χ1v) is 9.97. The van der Waals surface area contributed by atoms with Gasteiger partial charge in [-0.3, -0.25) is 19.7 Å². The standard InChI is InChI=1S/C22H15BrN2O6/c23-15-8-6-13(7-9-15)20(26)18-19(14-3-1-4-16(11-14)25(29)30)24(22(28)21(18)27)12-17-5-2-10-31-17/h1-11,19,26H,12H2. The fourth-order valence-corrected chi connectivity index (χ4v) is 3.80. The molecule has 0 saturated carbocycles. The quantitative estimate of drug-likeness (QED) is 0.187. The highest BCUT2D eigenvalue weighted by atomic mass is 79.9. The third-order valence-electron chi connectivity index (χ3n) is 4.96. The third kappa shape index (κ3) is 3.87. The lowest BCUT2D eigenvalue weighted by Crippen LogP contribution is -2.29. The monoisotopic (exact) mass is 482 g/mol. The number of hydrogen-bond donors (Lipinski definition) is 1. The molecule has 2 heterocycles. The third-order valence-corrected chi connectivity index (χ3v) is 5.49. The van der Waals surface area contributed by atoms with E-state index < -0.39 is 22.7 Å². The number of aliphatic hydroxyl groups is 1. The zero-order valence-electron chi connectivity index (χ0n) is 15.9. The van der Waals surface area contributed by atoms with Crippen molar-refractivity contribution >= 4 is 39.1 Å². The number of nitrogens with zero attached hydrogens (tertiary/aromatic N) is 2. The summed E-state index contributed by atoms with van der Waals surface area (Å²) in [7, 11) is 0. The molecule has 0 aliphatic carbocycles. The number of amides is 1. The van der Waals surface area contributed by atoms with E-state index in [1.54, 1.807) is 42.5 Å². The van der Waals surface area contributed by atoms with E-state index in [2.05, 4.69) is 15.9 Å². The topological polar surface area (TPSA) is 114 Å². The molecular formula is C22H15BrN2O6. The van der Waals surface area contributed by atoms with E-state index >= 15 is 0 Å². The van der Waals surface area contributed by atoms with Crippen LogP contribution in [-0.2, 0) is 16.1 Å². The molecule has 0 bridgehead atoms. The number of furan rings is 1. The van der Waals surface area contributed by atoms with Crippen LogP contribution in [0.5, 0.6) is 0 Å². The first kappa shape index (κ1) is 20.5. The molecule has 4 rings (SSSR count). The second-order valence-corrected chi connectivity index (χ2v) is 7.78. The number of hydrogen-bond acceptors (Lipinski definition) is 6. The Morgan fingerprint density at radius 3 is 2.52 bits per heavy atom. The van der Waals surface area contributed by atoms with Gasteiger partial charge in [-0.15, -0.1) is 0 Å². The first-order chi connectivity index (χ1) is 14.9. The summed E-state index contributed by atoms with van der Waals surface area (Å²) in [4.78, 5) is 37.8. The van der Waals surface area contributed by atoms with Crippen LogP contribution in [-0.4, -0.2) is 26.6 Å². The van der Waals surface area contributed by atoms with E-state index in [0.717, 1.165) is 4.47 Å². The van der Waals surface area contributed by atoms with Gasteiger partial charge in [-0.1, -0.05) is 40.2 Å². The van der Waals surface area contributed by atoms with Crippen LogP contribution in [0.3, 0.4) is 0 Å². The van der Waals surface area contributed by atoms with E-state index in [0.29, 0.717) is 16.9 Å². The number of Topliss-reactive ketones (excluding diaryl/α,β-unsaturated/α-hetero) is 1. The van der Waals surface area contributed by atoms with Crippen LogP contribution in [0.1, 0.15) is 22.9 Å². The number of nitro benzene ring substituents is 1. The minimum atomic E-state index is -1.02. The van der Waals surface area contributed by atoms with Crippen LogP contribution in [0, 0.1) is 10.1 Å². The van der Waals surface area contributed by atoms with Gasteiger partial charge in [0.25, 0.3) is 17.4 Å². The van der Waals surface area contributed by atoms with Crippen molar-refractivity contribution in [1.29, 1.82) is 0 Å². The number of halogens is 1. The SMILES string of the molecule is O=C1C(=O)N(Cc2ccco2)C(c2cccc([N+](=O)[O-])c2)C1=C(O)c1ccc(Br)cc1. The number of nitro groups is 1. The zero-order valence-corrected chi connectivity index (χ0v) is 17.5. The fraction of sp³-hybridized carbons (Fsp3) is 0.0909. The van der Waals surface area contributed by atoms with Crippen LogP contribution in [0.15, 0.2) is 81.4 Å². The molecule has 1 aliphatic heterocycles. The molecule has 0 spiro atoms. The minimum absolute atomic E-state index is 0.0396. The number of non-ortho nitro benzene ring substituents is 1. The molecule has 9 heteroatoms. The largest absolute Gasteiger partial charge is 0.507 e. The van der Waals surface area contributed by atoms with Gasteiger partial charge in [-0.05, 0) is 29.8 Å². The van der Waals surface area contributed by atoms with Gasteiger partial charge in [0, 0.05) is 22.2 Å². The maximum absolute atomic E-state index is 12.9. The molecule has 156 valence electrons. The lowest BCUT2D eigenvalue weighted by atomic mass is 9.95. The molecule has 1 amide bonds. The number of rotatable bonds is 5. The van der Waals surface area contributed by atoms with E-state index in [9.17, 15) is 24.8 Å². The van der Waals surface area contributed by atoms with Crippen LogP contribution < -0.4 is 0 Å². The molecule has 1 saturated heterocycles. The molecule has 1 fully saturated rings. The van der Waals surface area contributed by atoms with Crippen LogP contribution in [0.4, 0.5) is 5.69 Å². The van der Waals surface area contributed by atoms with Crippen LogP contribution >= 0.6 is 15.9 Å². The molecule has 1 N–H and O–H groups in total. The number of ketones is 1. The van der Waals surface area contributed by atoms with Crippen molar-refractivity contribution in [2.45, 2.75) is 12.6 Å². The van der Waals surface area contributed by atoms with Gasteiger partial charge in [0.15, 0.2) is 0 Å². The lowest BCUT2D eigenvalue weighted by molar-refractivity contribution is -0.384. The Labute approximate surface area is 184 Å². The number of aliphatic hydroxyl groups excluding tert-OH is 1. The summed E-state index contributed by atoms with van der Waals surface area (Å²) >= 11 is 3.31. The second-order valence-electron chi connectivity index (χ2n) is 6.87. The lowest BCUT2D eigenvalue weighted by Gasteiger charge is -2.24. The molecule has 1 unspecified atom stereocenters. The molecule has 1 aromatic heterocycles. The van der Waals surface area contributed by atoms with E-state index in [-0.39, 0.29) is 23.6 Å². The van der Waals surface area contributed by atoms with Crippen molar-refractivity contribution in [3.63, 3.8) is 0 Å². The summed E-state index contributed by atoms with van der Waals surface area (Å²) in [6.45, 7) is -0.0396. The highest BCUT2D eigenvalue weighted by Gasteiger charge is 2.46. The second kappa shape index (κ2) is 8.19. The van der Waals surface area contributed by atoms with Crippen LogP contribution in [0.25, 0.3) is 5.76 Å². The molecule has 0 radical (unpaired) electrons. The Balaban J connectivity index is 1.89. The number of benzene rings is 2. The highest BCUT2D eigenvalue weighted by molar-refractivity contribution is 9.10. The number of carbonyl (C=O) groups excluding carboxylic acids is 2. The van der Waals surface area contributed by atoms with Crippen LogP contribution in [0.2, 0.25) is 0 Å². The van der Waals surface area contributed by atoms with E-state index in [1.165, 1.54) is 29.4 Å². The zero-order chi connectivity index (χ0) is 22.1. The Bertz CT molecular complexity index is 1200. The Morgan fingerprint density at radius 1 is 1.13 bits per heavy atom. The average molecular weight is 483 g/mol. The van der Waals surface area contributed by atoms with Crippen molar-refractivity contribution in [3.05, 3.63) is 104 Å². The Morgan fingerprint density at radius 2 is 1.87 bits per heavy atom.